The van der Waals surface area contributed by atoms with Crippen molar-refractivity contribution in [3.63, 3.8) is 0 Å². The van der Waals surface area contributed by atoms with E-state index in [1.54, 1.807) is 0 Å². The van der Waals surface area contributed by atoms with E-state index in [4.69, 9.17) is 4.74 Å². The van der Waals surface area contributed by atoms with Gasteiger partial charge in [0.1, 0.15) is 6.10 Å². The number of morpholine rings is 1. The summed E-state index contributed by atoms with van der Waals surface area (Å²) in [7, 11) is 0. The molecular weight excluding hydrogens is 312 g/mol. The molecular formula is C18H29ClN2O2. The van der Waals surface area contributed by atoms with Gasteiger partial charge in [0.25, 0.3) is 5.91 Å². The van der Waals surface area contributed by atoms with Gasteiger partial charge in [-0.2, -0.15) is 0 Å². The van der Waals surface area contributed by atoms with Gasteiger partial charge >= 0.3 is 0 Å². The zero-order valence-corrected chi connectivity index (χ0v) is 15.0. The van der Waals surface area contributed by atoms with Crippen molar-refractivity contribution in [2.75, 3.05) is 26.2 Å². The molecule has 0 bridgehead atoms. The van der Waals surface area contributed by atoms with Crippen LogP contribution in [0.1, 0.15) is 44.7 Å². The van der Waals surface area contributed by atoms with Gasteiger partial charge in [-0.05, 0) is 18.4 Å². The SMILES string of the molecule is CCCCN(C(=O)C1CNCCO1)C(CC)c1ccccc1.Cl. The van der Waals surface area contributed by atoms with E-state index in [0.717, 1.165) is 32.4 Å². The summed E-state index contributed by atoms with van der Waals surface area (Å²) >= 11 is 0. The topological polar surface area (TPSA) is 41.6 Å². The molecule has 0 saturated carbocycles. The maximum atomic E-state index is 12.9. The zero-order chi connectivity index (χ0) is 15.8. The minimum atomic E-state index is -0.344. The van der Waals surface area contributed by atoms with E-state index in [9.17, 15) is 4.79 Å². The Kier molecular flexibility index (Phi) is 9.22. The second kappa shape index (κ2) is 10.6. The van der Waals surface area contributed by atoms with Gasteiger partial charge in [0.2, 0.25) is 0 Å². The molecule has 1 amide bonds. The van der Waals surface area contributed by atoms with Gasteiger partial charge in [-0.25, -0.2) is 0 Å². The van der Waals surface area contributed by atoms with Crippen LogP contribution in [0, 0.1) is 0 Å². The molecule has 1 aromatic carbocycles. The number of halogens is 1. The molecule has 2 unspecified atom stereocenters. The summed E-state index contributed by atoms with van der Waals surface area (Å²) in [6.07, 6.45) is 2.68. The number of nitrogens with one attached hydrogen (secondary N) is 1. The Bertz CT molecular complexity index is 450. The van der Waals surface area contributed by atoms with Gasteiger partial charge in [-0.15, -0.1) is 12.4 Å². The predicted molar refractivity (Wildman–Crippen MR) is 96.0 cm³/mol. The zero-order valence-electron chi connectivity index (χ0n) is 14.2. The molecule has 1 aromatic rings. The summed E-state index contributed by atoms with van der Waals surface area (Å²) in [5.74, 6) is 0.122. The van der Waals surface area contributed by atoms with Crippen LogP contribution >= 0.6 is 12.4 Å². The van der Waals surface area contributed by atoms with E-state index in [1.165, 1.54) is 5.56 Å². The number of benzene rings is 1. The summed E-state index contributed by atoms with van der Waals surface area (Å²) in [4.78, 5) is 15.0. The van der Waals surface area contributed by atoms with E-state index in [2.05, 4.69) is 31.3 Å². The maximum absolute atomic E-state index is 12.9. The summed E-state index contributed by atoms with van der Waals surface area (Å²) < 4.78 is 5.68. The van der Waals surface area contributed by atoms with E-state index < -0.39 is 0 Å². The molecule has 4 nitrogen and oxygen atoms in total. The maximum Gasteiger partial charge on any atom is 0.253 e. The highest BCUT2D eigenvalue weighted by Gasteiger charge is 2.31. The molecule has 2 atom stereocenters. The first kappa shape index (κ1) is 19.9. The number of rotatable bonds is 7. The third-order valence-corrected chi connectivity index (χ3v) is 4.19. The summed E-state index contributed by atoms with van der Waals surface area (Å²) in [5, 5.41) is 3.25. The average Bonchev–Trinajstić information content (AvgIpc) is 2.59. The quantitative estimate of drug-likeness (QED) is 0.829. The van der Waals surface area contributed by atoms with Crippen LogP contribution in [0.3, 0.4) is 0 Å². The standard InChI is InChI=1S/C18H28N2O2.ClH/c1-3-5-12-20(18(21)17-14-19-11-13-22-17)16(4-2)15-9-7-6-8-10-15;/h6-10,16-17,19H,3-5,11-14H2,1-2H3;1H. The van der Waals surface area contributed by atoms with Gasteiger partial charge in [-0.3, -0.25) is 4.79 Å². The smallest absolute Gasteiger partial charge is 0.253 e. The van der Waals surface area contributed by atoms with Gasteiger partial charge in [-0.1, -0.05) is 50.6 Å². The van der Waals surface area contributed by atoms with Crippen LogP contribution in [0.5, 0.6) is 0 Å². The van der Waals surface area contributed by atoms with Crippen LogP contribution < -0.4 is 5.32 Å². The van der Waals surface area contributed by atoms with Crippen molar-refractivity contribution in [3.8, 4) is 0 Å². The van der Waals surface area contributed by atoms with Gasteiger partial charge in [0, 0.05) is 19.6 Å². The van der Waals surface area contributed by atoms with Crippen LogP contribution in [0.4, 0.5) is 0 Å². The molecule has 1 aliphatic heterocycles. The second-order valence-electron chi connectivity index (χ2n) is 5.78. The number of unbranched alkanes of at least 4 members (excludes halogenated alkanes) is 1. The van der Waals surface area contributed by atoms with Gasteiger partial charge in [0.15, 0.2) is 0 Å². The molecule has 1 saturated heterocycles. The van der Waals surface area contributed by atoms with Crippen LogP contribution in [0.15, 0.2) is 30.3 Å². The Balaban J connectivity index is 0.00000264. The van der Waals surface area contributed by atoms with Crippen molar-refractivity contribution >= 4 is 18.3 Å². The van der Waals surface area contributed by atoms with Crippen LogP contribution in [0.2, 0.25) is 0 Å². The lowest BCUT2D eigenvalue weighted by Gasteiger charge is -2.35. The Labute approximate surface area is 146 Å². The molecule has 2 rings (SSSR count). The Morgan fingerprint density at radius 1 is 1.35 bits per heavy atom. The van der Waals surface area contributed by atoms with Gasteiger partial charge < -0.3 is 15.0 Å². The van der Waals surface area contributed by atoms with E-state index >= 15 is 0 Å². The third kappa shape index (κ3) is 5.48. The molecule has 0 spiro atoms. The Morgan fingerprint density at radius 2 is 2.09 bits per heavy atom. The highest BCUT2D eigenvalue weighted by atomic mass is 35.5. The van der Waals surface area contributed by atoms with E-state index in [0.29, 0.717) is 13.2 Å². The fourth-order valence-electron chi connectivity index (χ4n) is 2.97. The van der Waals surface area contributed by atoms with Crippen molar-refractivity contribution in [1.82, 2.24) is 10.2 Å². The van der Waals surface area contributed by atoms with Crippen molar-refractivity contribution < 1.29 is 9.53 Å². The highest BCUT2D eigenvalue weighted by molar-refractivity contribution is 5.85. The number of hydrogen-bond acceptors (Lipinski definition) is 3. The lowest BCUT2D eigenvalue weighted by molar-refractivity contribution is -0.148. The van der Waals surface area contributed by atoms with Gasteiger partial charge in [0.05, 0.1) is 12.6 Å². The monoisotopic (exact) mass is 340 g/mol. The van der Waals surface area contributed by atoms with Crippen LogP contribution in [-0.2, 0) is 9.53 Å². The number of nitrogens with zero attached hydrogens (tertiary/aromatic N) is 1. The molecule has 0 aromatic heterocycles. The molecule has 1 N–H and O–H groups in total. The normalized spacial score (nSPS) is 18.8. The highest BCUT2D eigenvalue weighted by Crippen LogP contribution is 2.26. The minimum Gasteiger partial charge on any atom is -0.366 e. The number of amides is 1. The average molecular weight is 341 g/mol. The van der Waals surface area contributed by atoms with Crippen molar-refractivity contribution in [2.24, 2.45) is 0 Å². The molecule has 1 heterocycles. The molecule has 1 fully saturated rings. The summed E-state index contributed by atoms with van der Waals surface area (Å²) in [5.41, 5.74) is 1.21. The Hall–Kier alpha value is -1.10. The fraction of sp³-hybridized carbons (Fsp3) is 0.611. The number of hydrogen-bond donors (Lipinski definition) is 1. The molecule has 130 valence electrons. The van der Waals surface area contributed by atoms with Crippen LogP contribution in [-0.4, -0.2) is 43.2 Å². The number of carbonyl (C=O) groups is 1. The minimum absolute atomic E-state index is 0. The molecule has 0 aliphatic carbocycles. The lowest BCUT2D eigenvalue weighted by Crippen LogP contribution is -2.50. The molecule has 1 aliphatic rings. The van der Waals surface area contributed by atoms with E-state index in [-0.39, 0.29) is 30.5 Å². The first-order chi connectivity index (χ1) is 10.8. The molecule has 23 heavy (non-hydrogen) atoms. The Morgan fingerprint density at radius 3 is 2.65 bits per heavy atom. The fourth-order valence-corrected chi connectivity index (χ4v) is 2.97. The molecule has 0 radical (unpaired) electrons. The van der Waals surface area contributed by atoms with Crippen LogP contribution in [0.25, 0.3) is 0 Å². The predicted octanol–water partition coefficient (Wildman–Crippen LogP) is 3.18. The number of ether oxygens (including phenoxy) is 1. The third-order valence-electron chi connectivity index (χ3n) is 4.19. The van der Waals surface area contributed by atoms with Crippen molar-refractivity contribution in [1.29, 1.82) is 0 Å². The first-order valence-electron chi connectivity index (χ1n) is 8.45. The van der Waals surface area contributed by atoms with Crippen molar-refractivity contribution in [2.45, 2.75) is 45.3 Å². The summed E-state index contributed by atoms with van der Waals surface area (Å²) in [6.45, 7) is 7.15. The largest absolute Gasteiger partial charge is 0.366 e. The first-order valence-corrected chi connectivity index (χ1v) is 8.45. The summed E-state index contributed by atoms with van der Waals surface area (Å²) in [6, 6.07) is 10.5. The second-order valence-corrected chi connectivity index (χ2v) is 5.78. The van der Waals surface area contributed by atoms with E-state index in [1.807, 2.05) is 23.1 Å². The lowest BCUT2D eigenvalue weighted by atomic mass is 10.0. The number of carbonyl (C=O) groups excluding carboxylic acids is 1. The van der Waals surface area contributed by atoms with Crippen molar-refractivity contribution in [3.05, 3.63) is 35.9 Å². The molecule has 5 heteroatoms.